The van der Waals surface area contributed by atoms with Gasteiger partial charge in [-0.3, -0.25) is 4.21 Å². The van der Waals surface area contributed by atoms with Crippen LogP contribution in [-0.4, -0.2) is 36.2 Å². The van der Waals surface area contributed by atoms with Crippen LogP contribution < -0.4 is 10.5 Å². The van der Waals surface area contributed by atoms with E-state index < -0.39 is 20.8 Å². The molecule has 0 saturated carbocycles. The highest BCUT2D eigenvalue weighted by atomic mass is 32.2. The fourth-order valence-corrected chi connectivity index (χ4v) is 2.62. The summed E-state index contributed by atoms with van der Waals surface area (Å²) in [6, 6.07) is 3.01. The summed E-state index contributed by atoms with van der Waals surface area (Å²) in [5.41, 5.74) is 5.59. The number of nitrogens with one attached hydrogen (secondary N) is 1. The number of nitrogens with zero attached hydrogens (tertiary/aromatic N) is 1. The van der Waals surface area contributed by atoms with Gasteiger partial charge < -0.3 is 5.73 Å². The summed E-state index contributed by atoms with van der Waals surface area (Å²) in [5.74, 6) is 0.256. The standard InChI is InChI=1S/C8H13N3O3S2/c1-15(12)6-5-11-16(13,14)8-7(9)3-2-4-10-8/h2-4,11H,5-6,9H2,1H3. The number of nitrogen functional groups attached to an aromatic ring is 1. The van der Waals surface area contributed by atoms with E-state index >= 15 is 0 Å². The van der Waals surface area contributed by atoms with Gasteiger partial charge in [-0.05, 0) is 12.1 Å². The molecule has 0 aromatic carbocycles. The number of hydrogen-bond acceptors (Lipinski definition) is 5. The minimum atomic E-state index is -3.71. The lowest BCUT2D eigenvalue weighted by Crippen LogP contribution is -2.29. The normalized spacial score (nSPS) is 13.6. The van der Waals surface area contributed by atoms with Gasteiger partial charge in [0.05, 0.1) is 5.69 Å². The van der Waals surface area contributed by atoms with Crippen LogP contribution in [-0.2, 0) is 20.8 Å². The van der Waals surface area contributed by atoms with Crippen molar-refractivity contribution in [1.29, 1.82) is 0 Å². The van der Waals surface area contributed by atoms with Crippen LogP contribution in [0.1, 0.15) is 0 Å². The Hall–Kier alpha value is -0.990. The first-order chi connectivity index (χ1) is 7.43. The Morgan fingerprint density at radius 1 is 1.56 bits per heavy atom. The maximum atomic E-state index is 11.7. The Bertz CT molecular complexity index is 487. The molecule has 0 radical (unpaired) electrons. The van der Waals surface area contributed by atoms with Gasteiger partial charge in [-0.15, -0.1) is 0 Å². The Balaban J connectivity index is 2.79. The molecule has 1 rings (SSSR count). The van der Waals surface area contributed by atoms with Crippen LogP contribution >= 0.6 is 0 Å². The van der Waals surface area contributed by atoms with Gasteiger partial charge in [-0.1, -0.05) is 0 Å². The maximum Gasteiger partial charge on any atom is 0.260 e. The van der Waals surface area contributed by atoms with Crippen molar-refractivity contribution in [3.05, 3.63) is 18.3 Å². The molecule has 1 atom stereocenters. The molecule has 0 aliphatic rings. The number of nitrogens with two attached hydrogens (primary N) is 1. The molecule has 0 bridgehead atoms. The molecular weight excluding hydrogens is 250 g/mol. The van der Waals surface area contributed by atoms with Crippen LogP contribution in [0.3, 0.4) is 0 Å². The van der Waals surface area contributed by atoms with E-state index in [0.717, 1.165) is 0 Å². The van der Waals surface area contributed by atoms with Crippen LogP contribution in [0.15, 0.2) is 23.4 Å². The summed E-state index contributed by atoms with van der Waals surface area (Å²) < 4.78 is 36.4. The van der Waals surface area contributed by atoms with E-state index in [4.69, 9.17) is 5.73 Å². The number of hydrogen-bond donors (Lipinski definition) is 2. The molecule has 90 valence electrons. The van der Waals surface area contributed by atoms with E-state index in [-0.39, 0.29) is 23.0 Å². The van der Waals surface area contributed by atoms with Gasteiger partial charge in [0.15, 0.2) is 5.03 Å². The topological polar surface area (TPSA) is 102 Å². The third-order valence-corrected chi connectivity index (χ3v) is 3.95. The van der Waals surface area contributed by atoms with Crippen molar-refractivity contribution in [2.45, 2.75) is 5.03 Å². The van der Waals surface area contributed by atoms with Crippen LogP contribution in [0.25, 0.3) is 0 Å². The molecule has 0 amide bonds. The molecule has 3 N–H and O–H groups in total. The Labute approximate surface area is 96.8 Å². The average molecular weight is 263 g/mol. The monoisotopic (exact) mass is 263 g/mol. The van der Waals surface area contributed by atoms with E-state index in [1.54, 1.807) is 6.07 Å². The lowest BCUT2D eigenvalue weighted by Gasteiger charge is -2.06. The van der Waals surface area contributed by atoms with Crippen LogP contribution in [0, 0.1) is 0 Å². The van der Waals surface area contributed by atoms with Crippen molar-refractivity contribution < 1.29 is 12.6 Å². The molecule has 0 aliphatic carbocycles. The minimum Gasteiger partial charge on any atom is -0.396 e. The summed E-state index contributed by atoms with van der Waals surface area (Å²) in [6.45, 7) is 0.0987. The number of anilines is 1. The van der Waals surface area contributed by atoms with E-state index in [1.165, 1.54) is 18.5 Å². The first-order valence-corrected chi connectivity index (χ1v) is 7.64. The van der Waals surface area contributed by atoms with Crippen molar-refractivity contribution in [2.24, 2.45) is 0 Å². The highest BCUT2D eigenvalue weighted by molar-refractivity contribution is 7.89. The van der Waals surface area contributed by atoms with Gasteiger partial charge >= 0.3 is 0 Å². The molecule has 16 heavy (non-hydrogen) atoms. The van der Waals surface area contributed by atoms with Gasteiger partial charge in [-0.2, -0.15) is 0 Å². The molecule has 1 aromatic heterocycles. The Morgan fingerprint density at radius 2 is 2.25 bits per heavy atom. The van der Waals surface area contributed by atoms with Gasteiger partial charge in [0.25, 0.3) is 10.0 Å². The van der Waals surface area contributed by atoms with E-state index in [2.05, 4.69) is 9.71 Å². The van der Waals surface area contributed by atoms with Gasteiger partial charge in [0.1, 0.15) is 0 Å². The summed E-state index contributed by atoms with van der Waals surface area (Å²) >= 11 is 0. The van der Waals surface area contributed by atoms with Crippen LogP contribution in [0.2, 0.25) is 0 Å². The molecule has 0 spiro atoms. The molecule has 6 nitrogen and oxygen atoms in total. The summed E-state index contributed by atoms with van der Waals surface area (Å²) in [5, 5.41) is -0.197. The number of rotatable bonds is 5. The van der Waals surface area contributed by atoms with Crippen LogP contribution in [0.5, 0.6) is 0 Å². The molecule has 0 fully saturated rings. The quantitative estimate of drug-likeness (QED) is 0.733. The second-order valence-corrected chi connectivity index (χ2v) is 6.31. The molecule has 1 aromatic rings. The van der Waals surface area contributed by atoms with E-state index in [1.807, 2.05) is 0 Å². The SMILES string of the molecule is CS(=O)CCNS(=O)(=O)c1ncccc1N. The second kappa shape index (κ2) is 5.37. The van der Waals surface area contributed by atoms with Crippen molar-refractivity contribution in [3.8, 4) is 0 Å². The van der Waals surface area contributed by atoms with Crippen LogP contribution in [0.4, 0.5) is 5.69 Å². The van der Waals surface area contributed by atoms with Crippen molar-refractivity contribution in [3.63, 3.8) is 0 Å². The highest BCUT2D eigenvalue weighted by Gasteiger charge is 2.17. The first-order valence-electron chi connectivity index (χ1n) is 4.43. The summed E-state index contributed by atoms with van der Waals surface area (Å²) in [6.07, 6.45) is 2.85. The third-order valence-electron chi connectivity index (χ3n) is 1.74. The predicted octanol–water partition coefficient (Wildman–Crippen LogP) is -0.679. The molecular formula is C8H13N3O3S2. The number of sulfonamides is 1. The van der Waals surface area contributed by atoms with Gasteiger partial charge in [-0.25, -0.2) is 18.1 Å². The first kappa shape index (κ1) is 13.1. The second-order valence-electron chi connectivity index (χ2n) is 3.07. The maximum absolute atomic E-state index is 11.7. The molecule has 0 aliphatic heterocycles. The van der Waals surface area contributed by atoms with Gasteiger partial charge in [0.2, 0.25) is 0 Å². The number of pyridine rings is 1. The van der Waals surface area contributed by atoms with E-state index in [9.17, 15) is 12.6 Å². The average Bonchev–Trinajstić information content (AvgIpc) is 2.17. The van der Waals surface area contributed by atoms with Crippen molar-refractivity contribution in [1.82, 2.24) is 9.71 Å². The van der Waals surface area contributed by atoms with E-state index in [0.29, 0.717) is 0 Å². The molecule has 0 saturated heterocycles. The predicted molar refractivity (Wildman–Crippen MR) is 62.8 cm³/mol. The van der Waals surface area contributed by atoms with Crippen molar-refractivity contribution >= 4 is 26.5 Å². The fraction of sp³-hybridized carbons (Fsp3) is 0.375. The highest BCUT2D eigenvalue weighted by Crippen LogP contribution is 2.12. The lowest BCUT2D eigenvalue weighted by molar-refractivity contribution is 0.580. The molecule has 8 heteroatoms. The molecule has 1 unspecified atom stereocenters. The summed E-state index contributed by atoms with van der Waals surface area (Å²) in [7, 11) is -4.75. The minimum absolute atomic E-state index is 0.0904. The summed E-state index contributed by atoms with van der Waals surface area (Å²) in [4.78, 5) is 3.70. The largest absolute Gasteiger partial charge is 0.396 e. The zero-order valence-corrected chi connectivity index (χ0v) is 10.3. The smallest absolute Gasteiger partial charge is 0.260 e. The molecule has 1 heterocycles. The van der Waals surface area contributed by atoms with Gasteiger partial charge in [0, 0.05) is 35.5 Å². The Kier molecular flexibility index (Phi) is 4.39. The zero-order chi connectivity index (χ0) is 12.2. The zero-order valence-electron chi connectivity index (χ0n) is 8.71. The van der Waals surface area contributed by atoms with Crippen molar-refractivity contribution in [2.75, 3.05) is 24.3 Å². The number of aromatic nitrogens is 1. The Morgan fingerprint density at radius 3 is 2.81 bits per heavy atom. The lowest BCUT2D eigenvalue weighted by atomic mass is 10.4. The fourth-order valence-electron chi connectivity index (χ4n) is 1.02. The third kappa shape index (κ3) is 3.54.